The molecule has 2 N–H and O–H groups in total. The Morgan fingerprint density at radius 1 is 1.40 bits per heavy atom. The molecule has 116 valence electrons. The summed E-state index contributed by atoms with van der Waals surface area (Å²) in [5.74, 6) is 0.321. The predicted molar refractivity (Wildman–Crippen MR) is 78.4 cm³/mol. The number of carbonyl (C=O) groups is 2. The number of hydrogen-bond acceptors (Lipinski definition) is 3. The minimum absolute atomic E-state index is 0.154. The van der Waals surface area contributed by atoms with Gasteiger partial charge in [-0.25, -0.2) is 4.79 Å². The quantitative estimate of drug-likeness (QED) is 0.788. The number of ether oxygens (including phenoxy) is 1. The van der Waals surface area contributed by atoms with Crippen molar-refractivity contribution in [1.82, 2.24) is 10.6 Å². The van der Waals surface area contributed by atoms with Crippen molar-refractivity contribution in [2.45, 2.75) is 71.4 Å². The normalized spacial score (nSPS) is 22.5. The van der Waals surface area contributed by atoms with Gasteiger partial charge < -0.3 is 15.4 Å². The first-order chi connectivity index (χ1) is 9.31. The van der Waals surface area contributed by atoms with Crippen molar-refractivity contribution in [3.8, 4) is 0 Å². The number of carbonyl (C=O) groups excluding carboxylic acids is 2. The number of alkyl carbamates (subject to hydrolysis) is 1. The zero-order valence-corrected chi connectivity index (χ0v) is 13.1. The van der Waals surface area contributed by atoms with Crippen LogP contribution in [0.3, 0.4) is 0 Å². The van der Waals surface area contributed by atoms with Gasteiger partial charge in [0.2, 0.25) is 5.91 Å². The average molecular weight is 284 g/mol. The Hall–Kier alpha value is -1.26. The molecule has 0 saturated carbocycles. The second-order valence-electron chi connectivity index (χ2n) is 6.50. The molecule has 1 unspecified atom stereocenters. The molecule has 1 saturated heterocycles. The number of hydrogen-bond donors (Lipinski definition) is 2. The summed E-state index contributed by atoms with van der Waals surface area (Å²) in [5, 5.41) is 5.73. The molecule has 20 heavy (non-hydrogen) atoms. The van der Waals surface area contributed by atoms with E-state index in [0.29, 0.717) is 6.54 Å². The van der Waals surface area contributed by atoms with Crippen molar-refractivity contribution in [2.75, 3.05) is 6.54 Å². The fraction of sp³-hybridized carbons (Fsp3) is 0.867. The molecule has 0 spiro atoms. The molecule has 1 rings (SSSR count). The van der Waals surface area contributed by atoms with Gasteiger partial charge in [-0.05, 0) is 40.0 Å². The van der Waals surface area contributed by atoms with E-state index in [-0.39, 0.29) is 17.9 Å². The van der Waals surface area contributed by atoms with Crippen LogP contribution in [0.25, 0.3) is 0 Å². The summed E-state index contributed by atoms with van der Waals surface area (Å²) in [5.41, 5.74) is -0.475. The van der Waals surface area contributed by atoms with Crippen molar-refractivity contribution in [3.05, 3.63) is 0 Å². The summed E-state index contributed by atoms with van der Waals surface area (Å²) in [6.07, 6.45) is 4.43. The van der Waals surface area contributed by atoms with Gasteiger partial charge in [-0.15, -0.1) is 0 Å². The molecular weight excluding hydrogens is 256 g/mol. The van der Waals surface area contributed by atoms with E-state index in [1.807, 2.05) is 20.8 Å². The lowest BCUT2D eigenvalue weighted by Gasteiger charge is -2.20. The molecular formula is C15H28N2O3. The Kier molecular flexibility index (Phi) is 6.30. The molecule has 1 aliphatic rings. The van der Waals surface area contributed by atoms with Crippen molar-refractivity contribution in [3.63, 3.8) is 0 Å². The van der Waals surface area contributed by atoms with Gasteiger partial charge in [-0.3, -0.25) is 4.79 Å². The van der Waals surface area contributed by atoms with Gasteiger partial charge in [0.1, 0.15) is 5.60 Å². The van der Waals surface area contributed by atoms with Crippen molar-refractivity contribution in [2.24, 2.45) is 5.92 Å². The van der Waals surface area contributed by atoms with E-state index in [2.05, 4.69) is 17.6 Å². The second-order valence-corrected chi connectivity index (χ2v) is 6.50. The zero-order chi connectivity index (χ0) is 15.2. The third-order valence-corrected chi connectivity index (χ3v) is 3.35. The summed E-state index contributed by atoms with van der Waals surface area (Å²) in [6, 6.07) is 0.180. The number of amides is 2. The topological polar surface area (TPSA) is 67.4 Å². The summed E-state index contributed by atoms with van der Waals surface area (Å²) in [4.78, 5) is 23.2. The molecule has 0 aromatic heterocycles. The van der Waals surface area contributed by atoms with Gasteiger partial charge >= 0.3 is 6.09 Å². The van der Waals surface area contributed by atoms with Crippen LogP contribution >= 0.6 is 0 Å². The highest BCUT2D eigenvalue weighted by atomic mass is 16.6. The lowest BCUT2D eigenvalue weighted by atomic mass is 9.97. The van der Waals surface area contributed by atoms with Crippen LogP contribution in [0.1, 0.15) is 59.8 Å². The fourth-order valence-corrected chi connectivity index (χ4v) is 2.38. The molecule has 0 aliphatic carbocycles. The average Bonchev–Trinajstić information content (AvgIpc) is 2.65. The van der Waals surface area contributed by atoms with Crippen LogP contribution < -0.4 is 10.6 Å². The number of nitrogens with one attached hydrogen (secondary N) is 2. The minimum atomic E-state index is -0.475. The molecule has 0 radical (unpaired) electrons. The van der Waals surface area contributed by atoms with Crippen LogP contribution in [0, 0.1) is 5.92 Å². The maximum atomic E-state index is 11.8. The monoisotopic (exact) mass is 284 g/mol. The summed E-state index contributed by atoms with van der Waals surface area (Å²) >= 11 is 0. The fourth-order valence-electron chi connectivity index (χ4n) is 2.38. The first-order valence-electron chi connectivity index (χ1n) is 7.59. The van der Waals surface area contributed by atoms with Gasteiger partial charge in [0, 0.05) is 18.5 Å². The molecule has 5 heteroatoms. The van der Waals surface area contributed by atoms with Crippen LogP contribution in [-0.4, -0.2) is 30.2 Å². The highest BCUT2D eigenvalue weighted by molar-refractivity contribution is 5.81. The lowest BCUT2D eigenvalue weighted by Crippen LogP contribution is -2.35. The Balaban J connectivity index is 2.20. The van der Waals surface area contributed by atoms with Gasteiger partial charge in [0.25, 0.3) is 0 Å². The van der Waals surface area contributed by atoms with Crippen LogP contribution in [0.4, 0.5) is 4.79 Å². The maximum Gasteiger partial charge on any atom is 0.407 e. The second kappa shape index (κ2) is 7.50. The molecule has 2 atom stereocenters. The standard InChI is InChI=1S/C15H28N2O3/c1-5-6-7-11-10-12(17-13(11)18)8-9-16-14(19)20-15(2,3)4/h11-12H,5-10H2,1-4H3,(H,16,19)(H,17,18)/t11?,12-/m0/s1. The Morgan fingerprint density at radius 3 is 2.70 bits per heavy atom. The van der Waals surface area contributed by atoms with Gasteiger partial charge in [0.15, 0.2) is 0 Å². The van der Waals surface area contributed by atoms with Crippen molar-refractivity contribution in [1.29, 1.82) is 0 Å². The number of unbranched alkanes of at least 4 members (excludes halogenated alkanes) is 1. The van der Waals surface area contributed by atoms with Gasteiger partial charge in [0.05, 0.1) is 0 Å². The van der Waals surface area contributed by atoms with Crippen molar-refractivity contribution >= 4 is 12.0 Å². The molecule has 2 amide bonds. The largest absolute Gasteiger partial charge is 0.444 e. The van der Waals surface area contributed by atoms with Crippen LogP contribution in [0.5, 0.6) is 0 Å². The smallest absolute Gasteiger partial charge is 0.407 e. The lowest BCUT2D eigenvalue weighted by molar-refractivity contribution is -0.122. The Labute approximate surface area is 121 Å². The van der Waals surface area contributed by atoms with E-state index in [4.69, 9.17) is 4.74 Å². The first-order valence-corrected chi connectivity index (χ1v) is 7.59. The van der Waals surface area contributed by atoms with Crippen molar-refractivity contribution < 1.29 is 14.3 Å². The minimum Gasteiger partial charge on any atom is -0.444 e. The SMILES string of the molecule is CCCCC1C[C@H](CCNC(=O)OC(C)(C)C)NC1=O. The predicted octanol–water partition coefficient (Wildman–Crippen LogP) is 2.60. The van der Waals surface area contributed by atoms with Crippen LogP contribution in [0.2, 0.25) is 0 Å². The highest BCUT2D eigenvalue weighted by Crippen LogP contribution is 2.22. The van der Waals surface area contributed by atoms with E-state index in [1.165, 1.54) is 0 Å². The van der Waals surface area contributed by atoms with E-state index in [1.54, 1.807) is 0 Å². The third-order valence-electron chi connectivity index (χ3n) is 3.35. The Bertz CT molecular complexity index is 337. The van der Waals surface area contributed by atoms with E-state index < -0.39 is 11.7 Å². The zero-order valence-electron chi connectivity index (χ0n) is 13.1. The molecule has 1 aliphatic heterocycles. The highest BCUT2D eigenvalue weighted by Gasteiger charge is 2.30. The van der Waals surface area contributed by atoms with E-state index >= 15 is 0 Å². The molecule has 0 aromatic rings. The molecule has 5 nitrogen and oxygen atoms in total. The van der Waals surface area contributed by atoms with Gasteiger partial charge in [-0.1, -0.05) is 19.8 Å². The van der Waals surface area contributed by atoms with E-state index in [0.717, 1.165) is 32.1 Å². The summed E-state index contributed by atoms with van der Waals surface area (Å²) in [6.45, 7) is 8.17. The molecule has 0 bridgehead atoms. The molecule has 1 fully saturated rings. The Morgan fingerprint density at radius 2 is 2.10 bits per heavy atom. The summed E-state index contributed by atoms with van der Waals surface area (Å²) < 4.78 is 5.16. The number of rotatable bonds is 6. The third kappa shape index (κ3) is 6.26. The summed E-state index contributed by atoms with van der Waals surface area (Å²) in [7, 11) is 0. The molecule has 1 heterocycles. The first kappa shape index (κ1) is 16.8. The molecule has 0 aromatic carbocycles. The van der Waals surface area contributed by atoms with Crippen LogP contribution in [-0.2, 0) is 9.53 Å². The van der Waals surface area contributed by atoms with Gasteiger partial charge in [-0.2, -0.15) is 0 Å². The maximum absolute atomic E-state index is 11.8. The van der Waals surface area contributed by atoms with E-state index in [9.17, 15) is 9.59 Å². The van der Waals surface area contributed by atoms with Crippen LogP contribution in [0.15, 0.2) is 0 Å².